The van der Waals surface area contributed by atoms with Crippen molar-refractivity contribution in [3.05, 3.63) is 65.2 Å². The number of hydrogen-bond donors (Lipinski definition) is 2. The molecule has 1 atom stereocenters. The van der Waals surface area contributed by atoms with Crippen LogP contribution < -0.4 is 5.32 Å². The predicted octanol–water partition coefficient (Wildman–Crippen LogP) is 2.98. The molecule has 2 rings (SSSR count). The van der Waals surface area contributed by atoms with Crippen molar-refractivity contribution in [1.29, 1.82) is 0 Å². The number of halogens is 1. The van der Waals surface area contributed by atoms with Gasteiger partial charge in [0, 0.05) is 12.7 Å². The molecule has 1 aromatic carbocycles. The molecule has 2 aromatic rings. The normalized spacial score (nSPS) is 12.7. The lowest BCUT2D eigenvalue weighted by molar-refractivity contribution is 0.0916. The molecule has 5 heteroatoms. The summed E-state index contributed by atoms with van der Waals surface area (Å²) in [4.78, 5) is 15.3. The summed E-state index contributed by atoms with van der Waals surface area (Å²) >= 11 is 0. The Labute approximate surface area is 135 Å². The van der Waals surface area contributed by atoms with Crippen LogP contribution >= 0.6 is 0 Å². The van der Waals surface area contributed by atoms with Gasteiger partial charge in [0.15, 0.2) is 0 Å². The fourth-order valence-corrected chi connectivity index (χ4v) is 2.12. The molecule has 1 heterocycles. The Morgan fingerprint density at radius 1 is 1.22 bits per heavy atom. The lowest BCUT2D eigenvalue weighted by Gasteiger charge is -2.20. The second kappa shape index (κ2) is 6.87. The molecule has 0 spiro atoms. The van der Waals surface area contributed by atoms with Gasteiger partial charge in [-0.3, -0.25) is 4.79 Å². The summed E-state index contributed by atoms with van der Waals surface area (Å²) in [6.07, 6.45) is 0.358. The average molecular weight is 316 g/mol. The fourth-order valence-electron chi connectivity index (χ4n) is 2.12. The minimum Gasteiger partial charge on any atom is -0.387 e. The molecule has 0 aliphatic heterocycles. The number of amides is 1. The second-order valence-electron chi connectivity index (χ2n) is 6.47. The molecule has 23 heavy (non-hydrogen) atoms. The number of carbonyl (C=O) groups excluding carboxylic acids is 1. The van der Waals surface area contributed by atoms with E-state index in [0.29, 0.717) is 0 Å². The van der Waals surface area contributed by atoms with Crippen molar-refractivity contribution in [3.8, 4) is 0 Å². The molecule has 1 aromatic heterocycles. The van der Waals surface area contributed by atoms with Gasteiger partial charge in [-0.15, -0.1) is 0 Å². The Hall–Kier alpha value is -2.27. The van der Waals surface area contributed by atoms with Crippen molar-refractivity contribution in [2.24, 2.45) is 0 Å². The molecule has 0 aliphatic rings. The van der Waals surface area contributed by atoms with Gasteiger partial charge in [-0.05, 0) is 28.7 Å². The number of carbonyl (C=O) groups is 1. The first-order valence-corrected chi connectivity index (χ1v) is 7.45. The van der Waals surface area contributed by atoms with Crippen molar-refractivity contribution in [2.45, 2.75) is 32.3 Å². The zero-order valence-corrected chi connectivity index (χ0v) is 13.5. The number of rotatable bonds is 4. The molecule has 0 saturated carbocycles. The number of benzene rings is 1. The van der Waals surface area contributed by atoms with E-state index in [1.165, 1.54) is 11.6 Å². The van der Waals surface area contributed by atoms with Crippen molar-refractivity contribution in [2.75, 3.05) is 6.54 Å². The zero-order valence-electron chi connectivity index (χ0n) is 13.5. The van der Waals surface area contributed by atoms with Crippen molar-refractivity contribution in [3.63, 3.8) is 0 Å². The maximum absolute atomic E-state index is 12.7. The Balaban J connectivity index is 1.95. The Kier molecular flexibility index (Phi) is 5.11. The monoisotopic (exact) mass is 316 g/mol. The van der Waals surface area contributed by atoms with Crippen LogP contribution in [-0.4, -0.2) is 22.5 Å². The Morgan fingerprint density at radius 3 is 2.39 bits per heavy atom. The molecule has 1 unspecified atom stereocenters. The van der Waals surface area contributed by atoms with Gasteiger partial charge < -0.3 is 10.4 Å². The van der Waals surface area contributed by atoms with E-state index in [1.807, 2.05) is 24.3 Å². The molecular formula is C18H21FN2O2. The van der Waals surface area contributed by atoms with Crippen LogP contribution in [0.2, 0.25) is 0 Å². The molecule has 0 bridgehead atoms. The number of nitrogens with one attached hydrogen (secondary N) is 1. The van der Waals surface area contributed by atoms with Crippen LogP contribution in [0.4, 0.5) is 4.39 Å². The maximum Gasteiger partial charge on any atom is 0.252 e. The molecule has 0 fully saturated rings. The molecule has 122 valence electrons. The van der Waals surface area contributed by atoms with Gasteiger partial charge >= 0.3 is 0 Å². The fraction of sp³-hybridized carbons (Fsp3) is 0.333. The highest BCUT2D eigenvalue weighted by Crippen LogP contribution is 2.23. The highest BCUT2D eigenvalue weighted by molar-refractivity contribution is 5.93. The van der Waals surface area contributed by atoms with Crippen molar-refractivity contribution >= 4 is 5.91 Å². The molecule has 0 saturated heterocycles. The highest BCUT2D eigenvalue weighted by Gasteiger charge is 2.15. The lowest BCUT2D eigenvalue weighted by Crippen LogP contribution is -2.28. The van der Waals surface area contributed by atoms with E-state index in [-0.39, 0.29) is 17.5 Å². The molecule has 0 aliphatic carbocycles. The van der Waals surface area contributed by atoms with Gasteiger partial charge in [-0.2, -0.15) is 4.39 Å². The van der Waals surface area contributed by atoms with E-state index in [9.17, 15) is 14.3 Å². The van der Waals surface area contributed by atoms with Gasteiger partial charge in [-0.25, -0.2) is 4.98 Å². The van der Waals surface area contributed by atoms with E-state index in [1.54, 1.807) is 0 Å². The van der Waals surface area contributed by atoms with E-state index in [2.05, 4.69) is 31.1 Å². The van der Waals surface area contributed by atoms with Gasteiger partial charge in [0.1, 0.15) is 0 Å². The maximum atomic E-state index is 12.7. The number of aromatic nitrogens is 1. The summed E-state index contributed by atoms with van der Waals surface area (Å²) < 4.78 is 12.7. The number of aliphatic hydroxyl groups is 1. The lowest BCUT2D eigenvalue weighted by atomic mass is 9.86. The third-order valence-corrected chi connectivity index (χ3v) is 3.61. The molecule has 2 N–H and O–H groups in total. The summed E-state index contributed by atoms with van der Waals surface area (Å²) in [7, 11) is 0. The molecule has 1 amide bonds. The quantitative estimate of drug-likeness (QED) is 0.853. The van der Waals surface area contributed by atoms with Crippen LogP contribution in [0.5, 0.6) is 0 Å². The van der Waals surface area contributed by atoms with Crippen LogP contribution in [0.1, 0.15) is 48.4 Å². The topological polar surface area (TPSA) is 62.2 Å². The Morgan fingerprint density at radius 2 is 1.87 bits per heavy atom. The summed E-state index contributed by atoms with van der Waals surface area (Å²) in [5, 5.41) is 12.8. The summed E-state index contributed by atoms with van der Waals surface area (Å²) in [5.74, 6) is -1.04. The number of pyridine rings is 1. The predicted molar refractivity (Wildman–Crippen MR) is 86.6 cm³/mol. The third-order valence-electron chi connectivity index (χ3n) is 3.61. The van der Waals surface area contributed by atoms with Crippen molar-refractivity contribution in [1.82, 2.24) is 10.3 Å². The summed E-state index contributed by atoms with van der Waals surface area (Å²) in [5.41, 5.74) is 2.21. The first-order chi connectivity index (χ1) is 10.8. The Bertz CT molecular complexity index is 661. The smallest absolute Gasteiger partial charge is 0.252 e. The second-order valence-corrected chi connectivity index (χ2v) is 6.47. The SMILES string of the molecule is CC(C)(C)c1ccc(C(O)CNC(=O)c2ccc(F)nc2)cc1. The number of hydrogen-bond acceptors (Lipinski definition) is 3. The number of aliphatic hydroxyl groups excluding tert-OH is 1. The minimum absolute atomic E-state index is 0.0489. The van der Waals surface area contributed by atoms with Crippen LogP contribution in [-0.2, 0) is 5.41 Å². The first kappa shape index (κ1) is 17.1. The first-order valence-electron chi connectivity index (χ1n) is 7.45. The minimum atomic E-state index is -0.804. The third kappa shape index (κ3) is 4.60. The van der Waals surface area contributed by atoms with Crippen molar-refractivity contribution < 1.29 is 14.3 Å². The average Bonchev–Trinajstić information content (AvgIpc) is 2.52. The summed E-state index contributed by atoms with van der Waals surface area (Å²) in [6.45, 7) is 6.44. The van der Waals surface area contributed by atoms with Gasteiger partial charge in [0.2, 0.25) is 5.95 Å². The van der Waals surface area contributed by atoms with Crippen LogP contribution in [0, 0.1) is 5.95 Å². The van der Waals surface area contributed by atoms with Crippen LogP contribution in [0.25, 0.3) is 0 Å². The van der Waals surface area contributed by atoms with E-state index >= 15 is 0 Å². The van der Waals surface area contributed by atoms with Gasteiger partial charge in [-0.1, -0.05) is 45.0 Å². The van der Waals surface area contributed by atoms with Crippen LogP contribution in [0.3, 0.4) is 0 Å². The molecule has 0 radical (unpaired) electrons. The summed E-state index contributed by atoms with van der Waals surface area (Å²) in [6, 6.07) is 10.1. The van der Waals surface area contributed by atoms with E-state index < -0.39 is 18.0 Å². The largest absolute Gasteiger partial charge is 0.387 e. The molecule has 4 nitrogen and oxygen atoms in total. The standard InChI is InChI=1S/C18H21FN2O2/c1-18(2,3)14-7-4-12(5-8-14)15(22)11-21-17(23)13-6-9-16(19)20-10-13/h4-10,15,22H,11H2,1-3H3,(H,21,23). The number of nitrogens with zero attached hydrogens (tertiary/aromatic N) is 1. The zero-order chi connectivity index (χ0) is 17.0. The van der Waals surface area contributed by atoms with Gasteiger partial charge in [0.05, 0.1) is 11.7 Å². The van der Waals surface area contributed by atoms with E-state index in [0.717, 1.165) is 17.8 Å². The van der Waals surface area contributed by atoms with Crippen LogP contribution in [0.15, 0.2) is 42.6 Å². The van der Waals surface area contributed by atoms with E-state index in [4.69, 9.17) is 0 Å². The van der Waals surface area contributed by atoms with Gasteiger partial charge in [0.25, 0.3) is 5.91 Å². The molecular weight excluding hydrogens is 295 g/mol. The highest BCUT2D eigenvalue weighted by atomic mass is 19.1.